The van der Waals surface area contributed by atoms with E-state index in [1.54, 1.807) is 11.0 Å². The summed E-state index contributed by atoms with van der Waals surface area (Å²) in [6.07, 6.45) is 0.269. The van der Waals surface area contributed by atoms with Crippen molar-refractivity contribution >= 4 is 29.2 Å². The molecule has 25 heavy (non-hydrogen) atoms. The highest BCUT2D eigenvalue weighted by Crippen LogP contribution is 2.25. The number of nitrogen functional groups attached to an aromatic ring is 1. The normalized spacial score (nSPS) is 11.6. The average Bonchev–Trinajstić information content (AvgIpc) is 2.55. The fourth-order valence-electron chi connectivity index (χ4n) is 2.30. The van der Waals surface area contributed by atoms with E-state index in [9.17, 15) is 4.79 Å². The molecule has 0 aliphatic rings. The maximum Gasteiger partial charge on any atom is 0.240 e. The average molecular weight is 355 g/mol. The summed E-state index contributed by atoms with van der Waals surface area (Å²) in [5.41, 5.74) is 8.40. The Morgan fingerprint density at radius 3 is 2.60 bits per heavy atom. The van der Waals surface area contributed by atoms with Crippen LogP contribution in [0.4, 0.5) is 11.5 Å². The maximum absolute atomic E-state index is 12.9. The van der Waals surface area contributed by atoms with Gasteiger partial charge in [-0.05, 0) is 32.9 Å². The van der Waals surface area contributed by atoms with E-state index >= 15 is 0 Å². The number of nitrogens with zero attached hydrogens (tertiary/aromatic N) is 4. The topological polar surface area (TPSA) is 95.9 Å². The smallest absolute Gasteiger partial charge is 0.240 e. The summed E-state index contributed by atoms with van der Waals surface area (Å²) in [5, 5.41) is 8.97. The van der Waals surface area contributed by atoms with Crippen molar-refractivity contribution < 1.29 is 4.79 Å². The number of carbonyl (C=O) groups excluding carboxylic acids is 1. The van der Waals surface area contributed by atoms with Crippen LogP contribution in [0, 0.1) is 25.2 Å². The number of benzene rings is 1. The zero-order valence-corrected chi connectivity index (χ0v) is 15.4. The van der Waals surface area contributed by atoms with Gasteiger partial charge in [0.1, 0.15) is 5.82 Å². The second-order valence-corrected chi connectivity index (χ2v) is 7.02. The van der Waals surface area contributed by atoms with Crippen molar-refractivity contribution in [3.8, 4) is 6.07 Å². The van der Waals surface area contributed by atoms with Crippen LogP contribution in [0.2, 0.25) is 0 Å². The molecule has 0 aliphatic heterocycles. The van der Waals surface area contributed by atoms with E-state index in [1.807, 2.05) is 45.0 Å². The zero-order chi connectivity index (χ0) is 18.4. The van der Waals surface area contributed by atoms with Crippen molar-refractivity contribution in [2.75, 3.05) is 17.2 Å². The van der Waals surface area contributed by atoms with Gasteiger partial charge in [-0.3, -0.25) is 4.79 Å². The number of nitriles is 1. The number of aryl methyl sites for hydroxylation is 2. The van der Waals surface area contributed by atoms with Gasteiger partial charge in [0.25, 0.3) is 0 Å². The quantitative estimate of drug-likeness (QED) is 0.632. The van der Waals surface area contributed by atoms with Crippen LogP contribution >= 0.6 is 11.8 Å². The van der Waals surface area contributed by atoms with Gasteiger partial charge in [0.05, 0.1) is 17.7 Å². The number of hydrogen-bond donors (Lipinski definition) is 1. The Morgan fingerprint density at radius 2 is 2.00 bits per heavy atom. The largest absolute Gasteiger partial charge is 0.384 e. The van der Waals surface area contributed by atoms with E-state index in [1.165, 1.54) is 11.8 Å². The van der Waals surface area contributed by atoms with Gasteiger partial charge in [0.2, 0.25) is 5.91 Å². The molecular formula is C18H21N5OS. The first-order valence-electron chi connectivity index (χ1n) is 7.93. The highest BCUT2D eigenvalue weighted by atomic mass is 32.2. The lowest BCUT2D eigenvalue weighted by Gasteiger charge is -2.25. The first-order chi connectivity index (χ1) is 11.9. The van der Waals surface area contributed by atoms with E-state index in [2.05, 4.69) is 16.0 Å². The van der Waals surface area contributed by atoms with Crippen LogP contribution < -0.4 is 10.6 Å². The van der Waals surface area contributed by atoms with E-state index in [0.717, 1.165) is 16.9 Å². The molecule has 1 atom stereocenters. The van der Waals surface area contributed by atoms with Crippen molar-refractivity contribution in [2.45, 2.75) is 37.6 Å². The Kier molecular flexibility index (Phi) is 6.37. The molecule has 2 rings (SSSR count). The summed E-state index contributed by atoms with van der Waals surface area (Å²) in [4.78, 5) is 23.0. The van der Waals surface area contributed by atoms with Crippen LogP contribution in [-0.4, -0.2) is 27.7 Å². The Morgan fingerprint density at radius 1 is 1.32 bits per heavy atom. The van der Waals surface area contributed by atoms with Crippen molar-refractivity contribution in [1.82, 2.24) is 9.97 Å². The van der Waals surface area contributed by atoms with Crippen LogP contribution in [0.3, 0.4) is 0 Å². The predicted octanol–water partition coefficient (Wildman–Crippen LogP) is 3.10. The molecule has 0 saturated carbocycles. The van der Waals surface area contributed by atoms with Gasteiger partial charge in [0.15, 0.2) is 5.16 Å². The summed E-state index contributed by atoms with van der Waals surface area (Å²) in [5.74, 6) is 0.294. The summed E-state index contributed by atoms with van der Waals surface area (Å²) in [7, 11) is 0. The third-order valence-corrected chi connectivity index (χ3v) is 4.49. The second kappa shape index (κ2) is 8.49. The first-order valence-corrected chi connectivity index (χ1v) is 8.81. The Labute approximate surface area is 152 Å². The number of anilines is 2. The minimum absolute atomic E-state index is 0.0900. The SMILES string of the molecule is Cc1ccc(N(CCC#N)C(=O)C(C)Sc2nc(C)cc(N)n2)cc1. The predicted molar refractivity (Wildman–Crippen MR) is 100 cm³/mol. The van der Waals surface area contributed by atoms with Gasteiger partial charge in [-0.2, -0.15) is 5.26 Å². The molecule has 0 spiro atoms. The molecule has 1 unspecified atom stereocenters. The van der Waals surface area contributed by atoms with Crippen molar-refractivity contribution in [1.29, 1.82) is 5.26 Å². The number of rotatable bonds is 6. The number of nitrogens with two attached hydrogens (primary N) is 1. The molecule has 1 aromatic carbocycles. The first kappa shape index (κ1) is 18.7. The van der Waals surface area contributed by atoms with Crippen molar-refractivity contribution in [2.24, 2.45) is 0 Å². The standard InChI is InChI=1S/C18H21N5OS/c1-12-5-7-15(8-6-12)23(10-4-9-19)17(24)14(3)25-18-21-13(2)11-16(20)22-18/h5-8,11,14H,4,10H2,1-3H3,(H2,20,21,22). The van der Waals surface area contributed by atoms with E-state index in [-0.39, 0.29) is 12.3 Å². The third-order valence-electron chi connectivity index (χ3n) is 3.54. The van der Waals surface area contributed by atoms with E-state index in [4.69, 9.17) is 11.0 Å². The van der Waals surface area contributed by atoms with E-state index < -0.39 is 5.25 Å². The molecule has 0 bridgehead atoms. The maximum atomic E-state index is 12.9. The number of amides is 1. The summed E-state index contributed by atoms with van der Waals surface area (Å²) in [6, 6.07) is 11.5. The number of hydrogen-bond acceptors (Lipinski definition) is 6. The van der Waals surface area contributed by atoms with Crippen LogP contribution in [0.25, 0.3) is 0 Å². The molecule has 0 aliphatic carbocycles. The fraction of sp³-hybridized carbons (Fsp3) is 0.333. The van der Waals surface area contributed by atoms with Gasteiger partial charge in [-0.25, -0.2) is 9.97 Å². The molecule has 130 valence electrons. The summed E-state index contributed by atoms with van der Waals surface area (Å²) in [6.45, 7) is 5.98. The lowest BCUT2D eigenvalue weighted by atomic mass is 10.2. The molecule has 1 heterocycles. The molecule has 7 heteroatoms. The Hall–Kier alpha value is -2.59. The summed E-state index contributed by atoms with van der Waals surface area (Å²) < 4.78 is 0. The van der Waals surface area contributed by atoms with Crippen LogP contribution in [-0.2, 0) is 4.79 Å². The van der Waals surface area contributed by atoms with Crippen molar-refractivity contribution in [3.63, 3.8) is 0 Å². The molecule has 0 saturated heterocycles. The molecule has 2 aromatic rings. The molecule has 1 amide bonds. The molecule has 0 fully saturated rings. The molecule has 6 nitrogen and oxygen atoms in total. The molecule has 2 N–H and O–H groups in total. The van der Waals surface area contributed by atoms with Gasteiger partial charge >= 0.3 is 0 Å². The number of thioether (sulfide) groups is 1. The molecule has 0 radical (unpaired) electrons. The summed E-state index contributed by atoms with van der Waals surface area (Å²) >= 11 is 1.26. The lowest BCUT2D eigenvalue weighted by molar-refractivity contribution is -0.117. The zero-order valence-electron chi connectivity index (χ0n) is 14.6. The Balaban J connectivity index is 2.19. The monoisotopic (exact) mass is 355 g/mol. The molecular weight excluding hydrogens is 334 g/mol. The highest BCUT2D eigenvalue weighted by Gasteiger charge is 2.23. The van der Waals surface area contributed by atoms with Gasteiger partial charge < -0.3 is 10.6 Å². The third kappa shape index (κ3) is 5.19. The lowest BCUT2D eigenvalue weighted by Crippen LogP contribution is -2.37. The minimum atomic E-state index is -0.402. The highest BCUT2D eigenvalue weighted by molar-refractivity contribution is 8.00. The Bertz CT molecular complexity index is 765. The molecule has 1 aromatic heterocycles. The number of carbonyl (C=O) groups is 1. The van der Waals surface area contributed by atoms with Crippen LogP contribution in [0.5, 0.6) is 0 Å². The second-order valence-electron chi connectivity index (χ2n) is 5.71. The number of aromatic nitrogens is 2. The van der Waals surface area contributed by atoms with E-state index in [0.29, 0.717) is 17.5 Å². The minimum Gasteiger partial charge on any atom is -0.384 e. The van der Waals surface area contributed by atoms with Crippen molar-refractivity contribution in [3.05, 3.63) is 41.6 Å². The van der Waals surface area contributed by atoms with Gasteiger partial charge in [0, 0.05) is 24.0 Å². The fourth-order valence-corrected chi connectivity index (χ4v) is 3.20. The van der Waals surface area contributed by atoms with Gasteiger partial charge in [-0.1, -0.05) is 29.5 Å². The van der Waals surface area contributed by atoms with Crippen LogP contribution in [0.1, 0.15) is 24.6 Å². The van der Waals surface area contributed by atoms with Gasteiger partial charge in [-0.15, -0.1) is 0 Å². The van der Waals surface area contributed by atoms with Crippen LogP contribution in [0.15, 0.2) is 35.5 Å².